The zero-order valence-corrected chi connectivity index (χ0v) is 14.9. The lowest BCUT2D eigenvalue weighted by Gasteiger charge is -2.31. The van der Waals surface area contributed by atoms with Crippen LogP contribution < -0.4 is 10.2 Å². The molecule has 8 heteroatoms. The molecule has 0 saturated heterocycles. The highest BCUT2D eigenvalue weighted by Crippen LogP contribution is 2.57. The summed E-state index contributed by atoms with van der Waals surface area (Å²) in [4.78, 5) is 17.0. The highest BCUT2D eigenvalue weighted by Gasteiger charge is 2.50. The van der Waals surface area contributed by atoms with Crippen LogP contribution >= 0.6 is 0 Å². The van der Waals surface area contributed by atoms with Crippen LogP contribution in [0.4, 0.5) is 0 Å². The third-order valence-corrected chi connectivity index (χ3v) is 5.13. The summed E-state index contributed by atoms with van der Waals surface area (Å²) in [6, 6.07) is 0. The van der Waals surface area contributed by atoms with E-state index in [1.807, 2.05) is 27.8 Å². The Morgan fingerprint density at radius 2 is 2.24 bits per heavy atom. The molecule has 1 N–H and O–H groups in total. The van der Waals surface area contributed by atoms with E-state index in [1.165, 1.54) is 18.6 Å². The highest BCUT2D eigenvalue weighted by atomic mass is 16.5. The SMILES string of the molecule is CN(NC(=O)c1nn(-c2c[n+]([O-])ccn2)c2c1C[C@H]1C[C@@H]21)C(C)(C)C. The summed E-state index contributed by atoms with van der Waals surface area (Å²) in [5, 5.41) is 17.9. The van der Waals surface area contributed by atoms with Crippen molar-refractivity contribution in [2.24, 2.45) is 5.92 Å². The van der Waals surface area contributed by atoms with Gasteiger partial charge in [-0.15, -0.1) is 0 Å². The molecule has 25 heavy (non-hydrogen) atoms. The van der Waals surface area contributed by atoms with E-state index in [2.05, 4.69) is 15.5 Å². The molecule has 1 amide bonds. The first kappa shape index (κ1) is 16.0. The lowest BCUT2D eigenvalue weighted by atomic mass is 10.1. The third-order valence-electron chi connectivity index (χ3n) is 5.13. The molecule has 2 aliphatic rings. The van der Waals surface area contributed by atoms with Crippen LogP contribution in [-0.4, -0.2) is 38.3 Å². The molecule has 0 radical (unpaired) electrons. The molecular weight excluding hydrogens is 320 g/mol. The molecule has 2 aliphatic carbocycles. The fourth-order valence-corrected chi connectivity index (χ4v) is 3.32. The number of rotatable bonds is 3. The maximum Gasteiger partial charge on any atom is 0.286 e. The zero-order chi connectivity index (χ0) is 17.9. The fourth-order valence-electron chi connectivity index (χ4n) is 3.32. The highest BCUT2D eigenvalue weighted by molar-refractivity contribution is 5.94. The van der Waals surface area contributed by atoms with Gasteiger partial charge in [-0.2, -0.15) is 9.83 Å². The van der Waals surface area contributed by atoms with Crippen molar-refractivity contribution < 1.29 is 9.52 Å². The molecule has 0 spiro atoms. The molecule has 0 aromatic carbocycles. The summed E-state index contributed by atoms with van der Waals surface area (Å²) in [6.07, 6.45) is 6.14. The number of hydrogen-bond acceptors (Lipinski definition) is 5. The maximum absolute atomic E-state index is 12.8. The topological polar surface area (TPSA) is 90.0 Å². The van der Waals surface area contributed by atoms with Crippen LogP contribution in [0.5, 0.6) is 0 Å². The van der Waals surface area contributed by atoms with Gasteiger partial charge in [0.25, 0.3) is 5.91 Å². The molecule has 1 fully saturated rings. The number of carbonyl (C=O) groups is 1. The molecule has 2 atom stereocenters. The molecule has 2 heterocycles. The van der Waals surface area contributed by atoms with Crippen LogP contribution in [-0.2, 0) is 6.42 Å². The Bertz CT molecular complexity index is 853. The smallest absolute Gasteiger partial charge is 0.286 e. The van der Waals surface area contributed by atoms with Crippen LogP contribution in [0.25, 0.3) is 5.82 Å². The lowest BCUT2D eigenvalue weighted by Crippen LogP contribution is -2.50. The predicted octanol–water partition coefficient (Wildman–Crippen LogP) is 0.935. The van der Waals surface area contributed by atoms with Gasteiger partial charge in [-0.05, 0) is 39.5 Å². The quantitative estimate of drug-likeness (QED) is 0.509. The summed E-state index contributed by atoms with van der Waals surface area (Å²) in [5.41, 5.74) is 5.16. The van der Waals surface area contributed by atoms with E-state index in [1.54, 1.807) is 9.69 Å². The average molecular weight is 342 g/mol. The van der Waals surface area contributed by atoms with Gasteiger partial charge in [-0.25, -0.2) is 14.7 Å². The van der Waals surface area contributed by atoms with Gasteiger partial charge < -0.3 is 5.21 Å². The van der Waals surface area contributed by atoms with Crippen LogP contribution in [0, 0.1) is 11.1 Å². The number of amides is 1. The van der Waals surface area contributed by atoms with Gasteiger partial charge in [-0.3, -0.25) is 10.2 Å². The maximum atomic E-state index is 12.8. The van der Waals surface area contributed by atoms with Gasteiger partial charge >= 0.3 is 0 Å². The van der Waals surface area contributed by atoms with E-state index in [-0.39, 0.29) is 11.4 Å². The number of carbonyl (C=O) groups excluding carboxylic acids is 1. The molecule has 0 aliphatic heterocycles. The van der Waals surface area contributed by atoms with Crippen molar-refractivity contribution in [1.29, 1.82) is 0 Å². The van der Waals surface area contributed by atoms with Crippen molar-refractivity contribution in [3.05, 3.63) is 40.7 Å². The van der Waals surface area contributed by atoms with Gasteiger partial charge in [0.1, 0.15) is 0 Å². The number of fused-ring (bicyclic) bond motifs is 3. The van der Waals surface area contributed by atoms with Crippen LogP contribution in [0.2, 0.25) is 0 Å². The predicted molar refractivity (Wildman–Crippen MR) is 89.9 cm³/mol. The average Bonchev–Trinajstić information content (AvgIpc) is 3.02. The monoisotopic (exact) mass is 342 g/mol. The summed E-state index contributed by atoms with van der Waals surface area (Å²) < 4.78 is 2.37. The molecule has 1 saturated carbocycles. The summed E-state index contributed by atoms with van der Waals surface area (Å²) in [6.45, 7) is 6.06. The summed E-state index contributed by atoms with van der Waals surface area (Å²) in [5.74, 6) is 1.24. The van der Waals surface area contributed by atoms with Gasteiger partial charge in [0.2, 0.25) is 12.0 Å². The van der Waals surface area contributed by atoms with Crippen molar-refractivity contribution >= 4 is 5.91 Å². The molecule has 2 aromatic heterocycles. The minimum Gasteiger partial charge on any atom is -0.619 e. The van der Waals surface area contributed by atoms with E-state index in [0.717, 1.165) is 24.1 Å². The van der Waals surface area contributed by atoms with E-state index < -0.39 is 0 Å². The number of hydrazine groups is 1. The lowest BCUT2D eigenvalue weighted by molar-refractivity contribution is -0.605. The largest absolute Gasteiger partial charge is 0.619 e. The minimum absolute atomic E-state index is 0.196. The molecule has 2 aromatic rings. The van der Waals surface area contributed by atoms with Gasteiger partial charge in [0.05, 0.1) is 11.9 Å². The van der Waals surface area contributed by atoms with Crippen molar-refractivity contribution in [3.63, 3.8) is 0 Å². The fraction of sp³-hybridized carbons (Fsp3) is 0.529. The van der Waals surface area contributed by atoms with Crippen LogP contribution in [0.15, 0.2) is 18.6 Å². The normalized spacial score (nSPS) is 21.2. The summed E-state index contributed by atoms with van der Waals surface area (Å²) in [7, 11) is 1.84. The van der Waals surface area contributed by atoms with Gasteiger partial charge in [0, 0.05) is 24.1 Å². The second kappa shape index (κ2) is 5.26. The summed E-state index contributed by atoms with van der Waals surface area (Å²) >= 11 is 0. The first-order chi connectivity index (χ1) is 11.8. The minimum atomic E-state index is -0.223. The third kappa shape index (κ3) is 2.66. The number of nitrogens with zero attached hydrogens (tertiary/aromatic N) is 5. The Labute approximate surface area is 146 Å². The van der Waals surface area contributed by atoms with E-state index >= 15 is 0 Å². The number of nitrogens with one attached hydrogen (secondary N) is 1. The van der Waals surface area contributed by atoms with Gasteiger partial charge in [-0.1, -0.05) is 0 Å². The Morgan fingerprint density at radius 3 is 2.92 bits per heavy atom. The van der Waals surface area contributed by atoms with E-state index in [4.69, 9.17) is 0 Å². The van der Waals surface area contributed by atoms with E-state index in [0.29, 0.717) is 28.1 Å². The standard InChI is InChI=1S/C17H22N6O2/c1-17(2,3)21(4)20-16(24)14-12-8-10-7-11(10)15(12)23(19-14)13-9-22(25)6-5-18-13/h5-6,9-11H,7-8H2,1-4H3,(H,20,24)/t10-,11-/m1/s1. The molecule has 132 valence electrons. The van der Waals surface area contributed by atoms with Crippen molar-refractivity contribution in [2.45, 2.75) is 45.1 Å². The Morgan fingerprint density at radius 1 is 1.48 bits per heavy atom. The first-order valence-corrected chi connectivity index (χ1v) is 8.47. The second-order valence-corrected chi connectivity index (χ2v) is 7.88. The van der Waals surface area contributed by atoms with Crippen LogP contribution in [0.1, 0.15) is 54.9 Å². The van der Waals surface area contributed by atoms with Gasteiger partial charge in [0.15, 0.2) is 11.9 Å². The zero-order valence-electron chi connectivity index (χ0n) is 14.9. The Kier molecular flexibility index (Phi) is 3.37. The number of aromatic nitrogens is 4. The van der Waals surface area contributed by atoms with Crippen molar-refractivity contribution in [3.8, 4) is 5.82 Å². The molecule has 8 nitrogen and oxygen atoms in total. The number of hydrogen-bond donors (Lipinski definition) is 1. The van der Waals surface area contributed by atoms with Crippen LogP contribution in [0.3, 0.4) is 0 Å². The Hall–Kier alpha value is -2.48. The molecule has 0 unspecified atom stereocenters. The second-order valence-electron chi connectivity index (χ2n) is 7.88. The van der Waals surface area contributed by atoms with E-state index in [9.17, 15) is 10.0 Å². The molecule has 4 rings (SSSR count). The Balaban J connectivity index is 1.72. The first-order valence-electron chi connectivity index (χ1n) is 8.47. The van der Waals surface area contributed by atoms with Crippen molar-refractivity contribution in [2.75, 3.05) is 7.05 Å². The van der Waals surface area contributed by atoms with Crippen molar-refractivity contribution in [1.82, 2.24) is 25.2 Å². The molecular formula is C17H22N6O2. The molecule has 0 bridgehead atoms.